The third-order valence-corrected chi connectivity index (χ3v) is 4.91. The number of nitrogens with zero attached hydrogens (tertiary/aromatic N) is 1. The van der Waals surface area contributed by atoms with Gasteiger partial charge in [0.15, 0.2) is 0 Å². The van der Waals surface area contributed by atoms with Gasteiger partial charge in [0, 0.05) is 25.8 Å². The first kappa shape index (κ1) is 24.1. The van der Waals surface area contributed by atoms with Gasteiger partial charge in [-0.1, -0.05) is 31.9 Å². The van der Waals surface area contributed by atoms with Gasteiger partial charge in [0.1, 0.15) is 0 Å². The molecule has 0 saturated carbocycles. The Labute approximate surface area is 166 Å². The summed E-state index contributed by atoms with van der Waals surface area (Å²) in [6.07, 6.45) is 5.23. The number of rotatable bonds is 11. The van der Waals surface area contributed by atoms with Crippen molar-refractivity contribution in [3.63, 3.8) is 0 Å². The van der Waals surface area contributed by atoms with E-state index in [4.69, 9.17) is 0 Å². The van der Waals surface area contributed by atoms with Crippen molar-refractivity contribution in [1.29, 1.82) is 0 Å². The molecule has 3 atom stereocenters. The zero-order valence-electron chi connectivity index (χ0n) is 16.9. The molecule has 28 heavy (non-hydrogen) atoms. The topological polar surface area (TPSA) is 66.8 Å². The number of unbranched alkanes of at least 4 members (excludes halogenated alkanes) is 3. The number of ether oxygens (including phenoxy) is 1. The standard InChI is InChI=1S/C21H31F2NO4/c1-4-5-10-16(2)18(25)13-12-17-15-21(22,23)20(27)24(17)14-9-7-6-8-11-19(26)28-3/h12-13,16-18,25H,6-11,14-15H2,1-3H3/t16?,17-,18-/m0/s1. The molecule has 1 N–H and O–H groups in total. The molecule has 1 saturated heterocycles. The molecule has 0 aromatic rings. The molecule has 7 heteroatoms. The predicted octanol–water partition coefficient (Wildman–Crippen LogP) is 3.31. The molecule has 1 aliphatic rings. The molecular formula is C21H31F2NO4. The van der Waals surface area contributed by atoms with Crippen LogP contribution < -0.4 is 0 Å². The maximum absolute atomic E-state index is 13.9. The summed E-state index contributed by atoms with van der Waals surface area (Å²) in [6, 6.07) is -0.725. The zero-order chi connectivity index (χ0) is 21.2. The average Bonchev–Trinajstić information content (AvgIpc) is 2.89. The van der Waals surface area contributed by atoms with Crippen LogP contribution in [0.15, 0.2) is 12.2 Å². The molecule has 158 valence electrons. The van der Waals surface area contributed by atoms with Gasteiger partial charge in [-0.05, 0) is 25.7 Å². The van der Waals surface area contributed by atoms with Crippen LogP contribution in [-0.4, -0.2) is 53.6 Å². The molecule has 1 fully saturated rings. The van der Waals surface area contributed by atoms with Crippen LogP contribution in [-0.2, 0) is 14.3 Å². The fraction of sp³-hybridized carbons (Fsp3) is 0.714. The number of carbonyl (C=O) groups excluding carboxylic acids is 2. The summed E-state index contributed by atoms with van der Waals surface area (Å²) in [5.74, 6) is 0.728. The fourth-order valence-corrected chi connectivity index (χ4v) is 3.08. The van der Waals surface area contributed by atoms with E-state index < -0.39 is 30.4 Å². The minimum Gasteiger partial charge on any atom is -0.469 e. The van der Waals surface area contributed by atoms with Gasteiger partial charge in [-0.25, -0.2) is 0 Å². The lowest BCUT2D eigenvalue weighted by molar-refractivity contribution is -0.148. The Hall–Kier alpha value is -1.94. The van der Waals surface area contributed by atoms with E-state index in [1.54, 1.807) is 6.92 Å². The maximum atomic E-state index is 13.9. The average molecular weight is 399 g/mol. The van der Waals surface area contributed by atoms with Crippen molar-refractivity contribution in [3.05, 3.63) is 12.2 Å². The van der Waals surface area contributed by atoms with E-state index in [0.717, 1.165) is 12.8 Å². The largest absolute Gasteiger partial charge is 0.469 e. The third-order valence-electron chi connectivity index (χ3n) is 4.91. The van der Waals surface area contributed by atoms with Crippen LogP contribution in [0.3, 0.4) is 0 Å². The van der Waals surface area contributed by atoms with Crippen molar-refractivity contribution < 1.29 is 28.2 Å². The Kier molecular flexibility index (Phi) is 10.2. The molecule has 1 aliphatic heterocycles. The van der Waals surface area contributed by atoms with E-state index in [0.29, 0.717) is 25.7 Å². The van der Waals surface area contributed by atoms with Gasteiger partial charge in [-0.2, -0.15) is 8.78 Å². The van der Waals surface area contributed by atoms with E-state index in [1.165, 1.54) is 24.2 Å². The van der Waals surface area contributed by atoms with Gasteiger partial charge in [0.25, 0.3) is 5.91 Å². The number of methoxy groups -OCH3 is 1. The van der Waals surface area contributed by atoms with E-state index in [9.17, 15) is 23.5 Å². The molecule has 0 radical (unpaired) electrons. The molecule has 0 aromatic carbocycles. The number of halogens is 2. The van der Waals surface area contributed by atoms with Crippen LogP contribution in [0.4, 0.5) is 8.78 Å². The summed E-state index contributed by atoms with van der Waals surface area (Å²) in [7, 11) is 1.34. The minimum atomic E-state index is -3.37. The highest BCUT2D eigenvalue weighted by atomic mass is 19.3. The highest BCUT2D eigenvalue weighted by molar-refractivity contribution is 5.86. The Morgan fingerprint density at radius 1 is 1.39 bits per heavy atom. The molecule has 1 heterocycles. The summed E-state index contributed by atoms with van der Waals surface area (Å²) in [6.45, 7) is 3.78. The summed E-state index contributed by atoms with van der Waals surface area (Å²) < 4.78 is 32.3. The summed E-state index contributed by atoms with van der Waals surface area (Å²) >= 11 is 0. The number of amides is 1. The first-order chi connectivity index (χ1) is 13.2. The lowest BCUT2D eigenvalue weighted by atomic mass is 10.00. The normalized spacial score (nSPS) is 20.7. The molecule has 0 bridgehead atoms. The number of aliphatic hydroxyl groups excluding tert-OH is 1. The Morgan fingerprint density at radius 2 is 2.07 bits per heavy atom. The Morgan fingerprint density at radius 3 is 2.71 bits per heavy atom. The number of aliphatic hydroxyl groups is 1. The van der Waals surface area contributed by atoms with Crippen molar-refractivity contribution in [2.45, 2.75) is 76.9 Å². The van der Waals surface area contributed by atoms with Crippen LogP contribution in [0.2, 0.25) is 0 Å². The molecule has 0 aromatic heterocycles. The van der Waals surface area contributed by atoms with Gasteiger partial charge in [-0.3, -0.25) is 9.59 Å². The smallest absolute Gasteiger partial charge is 0.327 e. The quantitative estimate of drug-likeness (QED) is 0.251. The minimum absolute atomic E-state index is 0.121. The Bertz CT molecular complexity index is 609. The molecule has 1 amide bonds. The SMILES string of the molecule is CC#CCC(C)[C@@H](O)C=C[C@H]1CC(F)(F)C(=O)N1CCCCCCC(=O)OC. The highest BCUT2D eigenvalue weighted by Gasteiger charge is 2.52. The third kappa shape index (κ3) is 7.59. The van der Waals surface area contributed by atoms with E-state index in [1.807, 2.05) is 6.92 Å². The summed E-state index contributed by atoms with van der Waals surface area (Å²) in [5, 5.41) is 10.1. The first-order valence-corrected chi connectivity index (χ1v) is 9.74. The second-order valence-corrected chi connectivity index (χ2v) is 7.20. The molecule has 5 nitrogen and oxygen atoms in total. The van der Waals surface area contributed by atoms with E-state index >= 15 is 0 Å². The molecule has 1 unspecified atom stereocenters. The maximum Gasteiger partial charge on any atom is 0.327 e. The molecule has 0 aliphatic carbocycles. The highest BCUT2D eigenvalue weighted by Crippen LogP contribution is 2.34. The zero-order valence-corrected chi connectivity index (χ0v) is 16.9. The number of likely N-dealkylation sites (tertiary alicyclic amines) is 1. The Balaban J connectivity index is 2.55. The number of hydrogen-bond acceptors (Lipinski definition) is 4. The monoisotopic (exact) mass is 399 g/mol. The van der Waals surface area contributed by atoms with Crippen LogP contribution in [0.25, 0.3) is 0 Å². The lowest BCUT2D eigenvalue weighted by Gasteiger charge is -2.22. The van der Waals surface area contributed by atoms with Crippen molar-refractivity contribution in [2.24, 2.45) is 5.92 Å². The van der Waals surface area contributed by atoms with Crippen molar-refractivity contribution in [1.82, 2.24) is 4.90 Å². The van der Waals surface area contributed by atoms with E-state index in [-0.39, 0.29) is 18.4 Å². The van der Waals surface area contributed by atoms with Gasteiger partial charge >= 0.3 is 11.9 Å². The van der Waals surface area contributed by atoms with Crippen LogP contribution in [0.1, 0.15) is 58.8 Å². The van der Waals surface area contributed by atoms with Crippen molar-refractivity contribution >= 4 is 11.9 Å². The number of hydrogen-bond donors (Lipinski definition) is 1. The number of esters is 1. The van der Waals surface area contributed by atoms with Gasteiger partial charge < -0.3 is 14.7 Å². The van der Waals surface area contributed by atoms with Crippen LogP contribution in [0.5, 0.6) is 0 Å². The first-order valence-electron chi connectivity index (χ1n) is 9.74. The predicted molar refractivity (Wildman–Crippen MR) is 103 cm³/mol. The fourth-order valence-electron chi connectivity index (χ4n) is 3.08. The van der Waals surface area contributed by atoms with Gasteiger partial charge in [0.05, 0.1) is 19.3 Å². The van der Waals surface area contributed by atoms with Crippen LogP contribution in [0, 0.1) is 17.8 Å². The number of carbonyl (C=O) groups is 2. The lowest BCUT2D eigenvalue weighted by Crippen LogP contribution is -2.36. The summed E-state index contributed by atoms with van der Waals surface area (Å²) in [5.41, 5.74) is 0. The second-order valence-electron chi connectivity index (χ2n) is 7.20. The van der Waals surface area contributed by atoms with Gasteiger partial charge in [0.2, 0.25) is 0 Å². The van der Waals surface area contributed by atoms with E-state index in [2.05, 4.69) is 16.6 Å². The van der Waals surface area contributed by atoms with Gasteiger partial charge in [-0.15, -0.1) is 11.8 Å². The second kappa shape index (κ2) is 11.8. The van der Waals surface area contributed by atoms with Crippen molar-refractivity contribution in [2.75, 3.05) is 13.7 Å². The van der Waals surface area contributed by atoms with Crippen molar-refractivity contribution in [3.8, 4) is 11.8 Å². The molecule has 1 rings (SSSR count). The van der Waals surface area contributed by atoms with Crippen LogP contribution >= 0.6 is 0 Å². The number of alkyl halides is 2. The summed E-state index contributed by atoms with van der Waals surface area (Å²) in [4.78, 5) is 24.3. The molecular weight excluding hydrogens is 368 g/mol. The molecule has 0 spiro atoms.